The van der Waals surface area contributed by atoms with Crippen LogP contribution in [0.5, 0.6) is 0 Å². The molecule has 0 unspecified atom stereocenters. The van der Waals surface area contributed by atoms with Crippen LogP contribution in [-0.4, -0.2) is 16.6 Å². The maximum atomic E-state index is 11.8. The SMILES string of the molecule is CC(/C=C/c1ccccc1Cl)=N\NC(=O)c1ccncc1. The lowest BCUT2D eigenvalue weighted by molar-refractivity contribution is 0.0954. The van der Waals surface area contributed by atoms with Crippen LogP contribution < -0.4 is 5.43 Å². The van der Waals surface area contributed by atoms with E-state index in [2.05, 4.69) is 15.5 Å². The average molecular weight is 300 g/mol. The lowest BCUT2D eigenvalue weighted by atomic mass is 10.2. The summed E-state index contributed by atoms with van der Waals surface area (Å²) in [6, 6.07) is 10.7. The van der Waals surface area contributed by atoms with E-state index in [0.717, 1.165) is 5.56 Å². The Morgan fingerprint density at radius 3 is 2.67 bits per heavy atom. The van der Waals surface area contributed by atoms with Crippen LogP contribution in [0.3, 0.4) is 0 Å². The summed E-state index contributed by atoms with van der Waals surface area (Å²) in [5.74, 6) is -0.275. The molecule has 0 spiro atoms. The van der Waals surface area contributed by atoms with Crippen molar-refractivity contribution < 1.29 is 4.79 Å². The Morgan fingerprint density at radius 1 is 1.24 bits per heavy atom. The molecule has 5 heteroatoms. The monoisotopic (exact) mass is 299 g/mol. The number of benzene rings is 1. The molecule has 0 aliphatic carbocycles. The zero-order valence-electron chi connectivity index (χ0n) is 11.5. The normalized spacial score (nSPS) is 11.6. The molecular weight excluding hydrogens is 286 g/mol. The number of aromatic nitrogens is 1. The first kappa shape index (κ1) is 14.9. The third-order valence-corrected chi connectivity index (χ3v) is 3.03. The minimum Gasteiger partial charge on any atom is -0.267 e. The summed E-state index contributed by atoms with van der Waals surface area (Å²) in [5, 5.41) is 4.68. The Hall–Kier alpha value is -2.46. The summed E-state index contributed by atoms with van der Waals surface area (Å²) in [6.45, 7) is 1.79. The Morgan fingerprint density at radius 2 is 1.95 bits per heavy atom. The third-order valence-electron chi connectivity index (χ3n) is 2.69. The van der Waals surface area contributed by atoms with Crippen molar-refractivity contribution in [1.82, 2.24) is 10.4 Å². The van der Waals surface area contributed by atoms with E-state index in [4.69, 9.17) is 11.6 Å². The predicted molar refractivity (Wildman–Crippen MR) is 85.3 cm³/mol. The number of nitrogens with one attached hydrogen (secondary N) is 1. The Bertz CT molecular complexity index is 681. The van der Waals surface area contributed by atoms with Crippen LogP contribution in [0, 0.1) is 0 Å². The molecule has 1 N–H and O–H groups in total. The molecule has 21 heavy (non-hydrogen) atoms. The molecule has 0 radical (unpaired) electrons. The molecule has 0 saturated carbocycles. The fourth-order valence-electron chi connectivity index (χ4n) is 1.56. The minimum absolute atomic E-state index is 0.275. The highest BCUT2D eigenvalue weighted by Crippen LogP contribution is 2.16. The van der Waals surface area contributed by atoms with Gasteiger partial charge < -0.3 is 0 Å². The van der Waals surface area contributed by atoms with Crippen molar-refractivity contribution in [2.45, 2.75) is 6.92 Å². The second-order valence-electron chi connectivity index (χ2n) is 4.28. The van der Waals surface area contributed by atoms with Gasteiger partial charge in [0.2, 0.25) is 0 Å². The van der Waals surface area contributed by atoms with Crippen molar-refractivity contribution in [1.29, 1.82) is 0 Å². The topological polar surface area (TPSA) is 54.4 Å². The molecule has 0 atom stereocenters. The summed E-state index contributed by atoms with van der Waals surface area (Å²) in [7, 11) is 0. The van der Waals surface area contributed by atoms with Crippen molar-refractivity contribution >= 4 is 29.3 Å². The quantitative estimate of drug-likeness (QED) is 0.693. The molecule has 2 rings (SSSR count). The summed E-state index contributed by atoms with van der Waals surface area (Å²) in [4.78, 5) is 15.6. The van der Waals surface area contributed by atoms with E-state index in [1.807, 2.05) is 30.3 Å². The summed E-state index contributed by atoms with van der Waals surface area (Å²) in [5.41, 5.74) is 4.56. The molecule has 0 fully saturated rings. The number of amides is 1. The fourth-order valence-corrected chi connectivity index (χ4v) is 1.76. The van der Waals surface area contributed by atoms with Gasteiger partial charge in [-0.1, -0.05) is 35.9 Å². The second kappa shape index (κ2) is 7.36. The third kappa shape index (κ3) is 4.54. The molecule has 0 aliphatic rings. The van der Waals surface area contributed by atoms with Gasteiger partial charge in [0.15, 0.2) is 0 Å². The van der Waals surface area contributed by atoms with Crippen LogP contribution in [0.4, 0.5) is 0 Å². The van der Waals surface area contributed by atoms with Gasteiger partial charge in [-0.05, 0) is 36.8 Å². The largest absolute Gasteiger partial charge is 0.271 e. The van der Waals surface area contributed by atoms with E-state index >= 15 is 0 Å². The van der Waals surface area contributed by atoms with E-state index in [0.29, 0.717) is 16.3 Å². The molecule has 0 saturated heterocycles. The van der Waals surface area contributed by atoms with Crippen LogP contribution in [0.15, 0.2) is 60.0 Å². The molecule has 4 nitrogen and oxygen atoms in total. The number of nitrogens with zero attached hydrogens (tertiary/aromatic N) is 2. The molecule has 1 aromatic heterocycles. The molecule has 0 bridgehead atoms. The average Bonchev–Trinajstić information content (AvgIpc) is 2.52. The highest BCUT2D eigenvalue weighted by Gasteiger charge is 2.02. The zero-order valence-corrected chi connectivity index (χ0v) is 12.2. The van der Waals surface area contributed by atoms with Gasteiger partial charge in [0.05, 0.1) is 5.71 Å². The van der Waals surface area contributed by atoms with Crippen LogP contribution in [-0.2, 0) is 0 Å². The molecular formula is C16H14ClN3O. The van der Waals surface area contributed by atoms with Gasteiger partial charge in [-0.25, -0.2) is 5.43 Å². The number of halogens is 1. The molecule has 1 heterocycles. The van der Waals surface area contributed by atoms with E-state index in [1.54, 1.807) is 37.5 Å². The van der Waals surface area contributed by atoms with Gasteiger partial charge in [0, 0.05) is 23.0 Å². The molecule has 1 amide bonds. The van der Waals surface area contributed by atoms with Gasteiger partial charge in [0.25, 0.3) is 5.91 Å². The lowest BCUT2D eigenvalue weighted by Crippen LogP contribution is -2.18. The van der Waals surface area contributed by atoms with Gasteiger partial charge >= 0.3 is 0 Å². The first-order valence-corrected chi connectivity index (χ1v) is 6.72. The number of carbonyl (C=O) groups is 1. The summed E-state index contributed by atoms with van der Waals surface area (Å²) < 4.78 is 0. The highest BCUT2D eigenvalue weighted by molar-refractivity contribution is 6.32. The number of pyridine rings is 1. The summed E-state index contributed by atoms with van der Waals surface area (Å²) >= 11 is 6.05. The van der Waals surface area contributed by atoms with E-state index < -0.39 is 0 Å². The van der Waals surface area contributed by atoms with Crippen molar-refractivity contribution in [2.24, 2.45) is 5.10 Å². The number of hydrazone groups is 1. The van der Waals surface area contributed by atoms with E-state index in [-0.39, 0.29) is 5.91 Å². The maximum absolute atomic E-state index is 11.8. The first-order chi connectivity index (χ1) is 10.2. The fraction of sp³-hybridized carbons (Fsp3) is 0.0625. The number of rotatable bonds is 4. The van der Waals surface area contributed by atoms with Gasteiger partial charge in [0.1, 0.15) is 0 Å². The van der Waals surface area contributed by atoms with Crippen LogP contribution in [0.2, 0.25) is 5.02 Å². The zero-order chi connectivity index (χ0) is 15.1. The minimum atomic E-state index is -0.275. The van der Waals surface area contributed by atoms with Gasteiger partial charge in [-0.15, -0.1) is 0 Å². The van der Waals surface area contributed by atoms with Crippen LogP contribution >= 0.6 is 11.6 Å². The Labute approximate surface area is 128 Å². The van der Waals surface area contributed by atoms with Crippen molar-refractivity contribution in [2.75, 3.05) is 0 Å². The lowest BCUT2D eigenvalue weighted by Gasteiger charge is -2.00. The molecule has 106 valence electrons. The standard InChI is InChI=1S/C16H14ClN3O/c1-12(6-7-13-4-2-3-5-15(13)17)19-20-16(21)14-8-10-18-11-9-14/h2-11H,1H3,(H,20,21)/b7-6+,19-12+. The Balaban J connectivity index is 1.99. The number of allylic oxidation sites excluding steroid dienone is 1. The predicted octanol–water partition coefficient (Wildman–Crippen LogP) is 3.55. The molecule has 1 aromatic carbocycles. The summed E-state index contributed by atoms with van der Waals surface area (Å²) in [6.07, 6.45) is 6.75. The number of carbonyl (C=O) groups excluding carboxylic acids is 1. The van der Waals surface area contributed by atoms with Crippen LogP contribution in [0.25, 0.3) is 6.08 Å². The first-order valence-electron chi connectivity index (χ1n) is 6.34. The smallest absolute Gasteiger partial charge is 0.267 e. The highest BCUT2D eigenvalue weighted by atomic mass is 35.5. The van der Waals surface area contributed by atoms with Gasteiger partial charge in [-0.3, -0.25) is 9.78 Å². The van der Waals surface area contributed by atoms with E-state index in [9.17, 15) is 4.79 Å². The number of hydrogen-bond donors (Lipinski definition) is 1. The number of hydrogen-bond acceptors (Lipinski definition) is 3. The Kier molecular flexibility index (Phi) is 5.23. The van der Waals surface area contributed by atoms with E-state index in [1.165, 1.54) is 0 Å². The van der Waals surface area contributed by atoms with Crippen molar-refractivity contribution in [3.05, 3.63) is 71.0 Å². The van der Waals surface area contributed by atoms with Crippen LogP contribution in [0.1, 0.15) is 22.8 Å². The molecule has 2 aromatic rings. The maximum Gasteiger partial charge on any atom is 0.271 e. The second-order valence-corrected chi connectivity index (χ2v) is 4.69. The van der Waals surface area contributed by atoms with Crippen molar-refractivity contribution in [3.8, 4) is 0 Å². The molecule has 0 aliphatic heterocycles. The van der Waals surface area contributed by atoms with Crippen molar-refractivity contribution in [3.63, 3.8) is 0 Å². The van der Waals surface area contributed by atoms with Gasteiger partial charge in [-0.2, -0.15) is 5.10 Å².